The van der Waals surface area contributed by atoms with Gasteiger partial charge in [-0.05, 0) is 42.1 Å². The number of halogens is 2. The highest BCUT2D eigenvalue weighted by Gasteiger charge is 2.20. The lowest BCUT2D eigenvalue weighted by Gasteiger charge is -2.22. The maximum Gasteiger partial charge on any atom is 0.317 e. The second-order valence-corrected chi connectivity index (χ2v) is 6.65. The predicted octanol–water partition coefficient (Wildman–Crippen LogP) is 3.31. The van der Waals surface area contributed by atoms with E-state index in [4.69, 9.17) is 5.11 Å². The van der Waals surface area contributed by atoms with Gasteiger partial charge in [0, 0.05) is 4.88 Å². The Bertz CT molecular complexity index is 695. The van der Waals surface area contributed by atoms with E-state index in [1.54, 1.807) is 17.0 Å². The summed E-state index contributed by atoms with van der Waals surface area (Å²) in [4.78, 5) is 25.9. The zero-order valence-corrected chi connectivity index (χ0v) is 16.0. The minimum Gasteiger partial charge on any atom is -0.480 e. The van der Waals surface area contributed by atoms with Crippen molar-refractivity contribution in [3.63, 3.8) is 0 Å². The summed E-state index contributed by atoms with van der Waals surface area (Å²) in [6.07, 6.45) is 0.757. The van der Waals surface area contributed by atoms with Gasteiger partial charge in [0.25, 0.3) is 0 Å². The molecule has 0 radical (unpaired) electrons. The summed E-state index contributed by atoms with van der Waals surface area (Å²) in [5, 5.41) is 13.8. The first kappa shape index (κ1) is 22.1. The smallest absolute Gasteiger partial charge is 0.317 e. The molecule has 2 rings (SSSR count). The normalized spacial score (nSPS) is 11.7. The number of nitrogens with zero attached hydrogens (tertiary/aromatic N) is 1. The van der Waals surface area contributed by atoms with Crippen LogP contribution in [-0.4, -0.2) is 41.5 Å². The highest BCUT2D eigenvalue weighted by molar-refractivity contribution is 7.10. The van der Waals surface area contributed by atoms with Crippen molar-refractivity contribution in [2.45, 2.75) is 19.4 Å². The molecular formula is C18H22ClFN2O3S. The van der Waals surface area contributed by atoms with Crippen LogP contribution in [0.1, 0.15) is 29.8 Å². The van der Waals surface area contributed by atoms with E-state index in [0.29, 0.717) is 6.54 Å². The van der Waals surface area contributed by atoms with Gasteiger partial charge in [-0.2, -0.15) is 0 Å². The van der Waals surface area contributed by atoms with Gasteiger partial charge in [-0.25, -0.2) is 4.39 Å². The van der Waals surface area contributed by atoms with Gasteiger partial charge in [-0.3, -0.25) is 14.5 Å². The number of benzene rings is 1. The largest absolute Gasteiger partial charge is 0.480 e. The molecule has 0 saturated carbocycles. The summed E-state index contributed by atoms with van der Waals surface area (Å²) in [7, 11) is 0. The van der Waals surface area contributed by atoms with Gasteiger partial charge in [0.2, 0.25) is 5.91 Å². The summed E-state index contributed by atoms with van der Waals surface area (Å²) in [5.74, 6) is -1.57. The summed E-state index contributed by atoms with van der Waals surface area (Å²) < 4.78 is 13.2. The molecule has 5 nitrogen and oxygen atoms in total. The van der Waals surface area contributed by atoms with E-state index in [1.165, 1.54) is 23.5 Å². The monoisotopic (exact) mass is 400 g/mol. The van der Waals surface area contributed by atoms with E-state index in [2.05, 4.69) is 5.32 Å². The molecule has 0 fully saturated rings. The third-order valence-corrected chi connectivity index (χ3v) is 4.54. The van der Waals surface area contributed by atoms with Gasteiger partial charge >= 0.3 is 5.97 Å². The molecule has 1 atom stereocenters. The molecule has 2 N–H and O–H groups in total. The maximum atomic E-state index is 13.2. The number of carbonyl (C=O) groups is 2. The van der Waals surface area contributed by atoms with Crippen molar-refractivity contribution in [3.8, 4) is 0 Å². The van der Waals surface area contributed by atoms with E-state index in [9.17, 15) is 14.0 Å². The minimum atomic E-state index is -0.963. The quantitative estimate of drug-likeness (QED) is 0.677. The highest BCUT2D eigenvalue weighted by Crippen LogP contribution is 2.26. The molecule has 0 aliphatic heterocycles. The van der Waals surface area contributed by atoms with Crippen LogP contribution in [0.3, 0.4) is 0 Å². The lowest BCUT2D eigenvalue weighted by molar-refractivity contribution is -0.138. The van der Waals surface area contributed by atoms with E-state index in [0.717, 1.165) is 16.9 Å². The van der Waals surface area contributed by atoms with Crippen LogP contribution in [0.5, 0.6) is 0 Å². The van der Waals surface area contributed by atoms with E-state index in [1.807, 2.05) is 24.4 Å². The third kappa shape index (κ3) is 6.74. The van der Waals surface area contributed by atoms with Crippen LogP contribution < -0.4 is 5.32 Å². The van der Waals surface area contributed by atoms with Crippen LogP contribution in [0.15, 0.2) is 41.8 Å². The molecule has 0 aliphatic rings. The Morgan fingerprint density at radius 1 is 1.23 bits per heavy atom. The van der Waals surface area contributed by atoms with Crippen molar-refractivity contribution >= 4 is 35.6 Å². The molecule has 0 bridgehead atoms. The minimum absolute atomic E-state index is 0. The number of hydrogen-bond donors (Lipinski definition) is 2. The first-order chi connectivity index (χ1) is 12.0. The number of amides is 1. The van der Waals surface area contributed by atoms with Crippen molar-refractivity contribution in [1.82, 2.24) is 10.2 Å². The lowest BCUT2D eigenvalue weighted by atomic mass is 10.1. The molecule has 1 unspecified atom stereocenters. The molecule has 26 heavy (non-hydrogen) atoms. The Kier molecular flexibility index (Phi) is 9.26. The molecule has 1 aromatic heterocycles. The first-order valence-corrected chi connectivity index (χ1v) is 8.90. The Morgan fingerprint density at radius 3 is 2.46 bits per heavy atom. The number of thiophene rings is 1. The Balaban J connectivity index is 0.00000338. The van der Waals surface area contributed by atoms with E-state index >= 15 is 0 Å². The number of carbonyl (C=O) groups excluding carboxylic acids is 1. The van der Waals surface area contributed by atoms with Gasteiger partial charge in [0.1, 0.15) is 5.82 Å². The first-order valence-electron chi connectivity index (χ1n) is 8.02. The number of aliphatic carboxylic acids is 1. The highest BCUT2D eigenvalue weighted by atomic mass is 35.5. The van der Waals surface area contributed by atoms with Crippen molar-refractivity contribution in [1.29, 1.82) is 0 Å². The SMILES string of the molecule is CCCN(CC(=O)O)CC(=O)NC(c1ccc(F)cc1)c1cccs1.Cl. The fourth-order valence-electron chi connectivity index (χ4n) is 2.56. The number of nitrogens with one attached hydrogen (secondary N) is 1. The summed E-state index contributed by atoms with van der Waals surface area (Å²) in [6, 6.07) is 9.39. The molecular weight excluding hydrogens is 379 g/mol. The van der Waals surface area contributed by atoms with Crippen molar-refractivity contribution in [3.05, 3.63) is 58.0 Å². The number of carboxylic acid groups (broad SMARTS) is 1. The van der Waals surface area contributed by atoms with Crippen LogP contribution in [0.2, 0.25) is 0 Å². The molecule has 1 amide bonds. The summed E-state index contributed by atoms with van der Waals surface area (Å²) >= 11 is 1.50. The molecule has 8 heteroatoms. The predicted molar refractivity (Wildman–Crippen MR) is 102 cm³/mol. The average Bonchev–Trinajstić information content (AvgIpc) is 3.07. The second-order valence-electron chi connectivity index (χ2n) is 5.67. The van der Waals surface area contributed by atoms with Crippen LogP contribution >= 0.6 is 23.7 Å². The van der Waals surface area contributed by atoms with E-state index < -0.39 is 5.97 Å². The molecule has 0 aliphatic carbocycles. The van der Waals surface area contributed by atoms with Crippen molar-refractivity contribution in [2.75, 3.05) is 19.6 Å². The third-order valence-electron chi connectivity index (χ3n) is 3.60. The van der Waals surface area contributed by atoms with Crippen molar-refractivity contribution < 1.29 is 19.1 Å². The van der Waals surface area contributed by atoms with Crippen molar-refractivity contribution in [2.24, 2.45) is 0 Å². The van der Waals surface area contributed by atoms with Crippen LogP contribution in [-0.2, 0) is 9.59 Å². The molecule has 1 aromatic carbocycles. The standard InChI is InChI=1S/C18H21FN2O3S.ClH/c1-2-9-21(12-17(23)24)11-16(22)20-18(15-4-3-10-25-15)13-5-7-14(19)8-6-13;/h3-8,10,18H,2,9,11-12H2,1H3,(H,20,22)(H,23,24);1H. The van der Waals surface area contributed by atoms with Gasteiger partial charge in [-0.1, -0.05) is 25.1 Å². The average molecular weight is 401 g/mol. The van der Waals surface area contributed by atoms with Gasteiger partial charge in [-0.15, -0.1) is 23.7 Å². The van der Waals surface area contributed by atoms with Crippen LogP contribution in [0, 0.1) is 5.82 Å². The Hall–Kier alpha value is -1.96. The zero-order valence-electron chi connectivity index (χ0n) is 14.4. The fraction of sp³-hybridized carbons (Fsp3) is 0.333. The van der Waals surface area contributed by atoms with Gasteiger partial charge < -0.3 is 10.4 Å². The summed E-state index contributed by atoms with van der Waals surface area (Å²) in [5.41, 5.74) is 0.775. The molecule has 0 spiro atoms. The van der Waals surface area contributed by atoms with Gasteiger partial charge in [0.15, 0.2) is 0 Å². The second kappa shape index (κ2) is 10.9. The summed E-state index contributed by atoms with van der Waals surface area (Å²) in [6.45, 7) is 2.28. The molecule has 1 heterocycles. The number of rotatable bonds is 9. The fourth-order valence-corrected chi connectivity index (χ4v) is 3.36. The number of carboxylic acids is 1. The molecule has 142 valence electrons. The van der Waals surface area contributed by atoms with E-state index in [-0.39, 0.29) is 43.3 Å². The van der Waals surface area contributed by atoms with Gasteiger partial charge in [0.05, 0.1) is 19.1 Å². The lowest BCUT2D eigenvalue weighted by Crippen LogP contribution is -2.41. The van der Waals surface area contributed by atoms with Crippen LogP contribution in [0.25, 0.3) is 0 Å². The zero-order chi connectivity index (χ0) is 18.2. The Morgan fingerprint density at radius 2 is 1.92 bits per heavy atom. The topological polar surface area (TPSA) is 69.6 Å². The molecule has 0 saturated heterocycles. The van der Waals surface area contributed by atoms with Crippen LogP contribution in [0.4, 0.5) is 4.39 Å². The molecule has 2 aromatic rings. The number of hydrogen-bond acceptors (Lipinski definition) is 4. The maximum absolute atomic E-state index is 13.2. The Labute approximate surface area is 162 Å².